The predicted molar refractivity (Wildman–Crippen MR) is 100 cm³/mol. The van der Waals surface area contributed by atoms with Gasteiger partial charge in [-0.1, -0.05) is 48.5 Å². The number of hydrogen-bond donors (Lipinski definition) is 2. The summed E-state index contributed by atoms with van der Waals surface area (Å²) in [5, 5.41) is 12.4. The zero-order valence-electron chi connectivity index (χ0n) is 14.5. The summed E-state index contributed by atoms with van der Waals surface area (Å²) in [5.41, 5.74) is 3.53. The third kappa shape index (κ3) is 4.70. The Hall–Kier alpha value is -2.59. The van der Waals surface area contributed by atoms with E-state index in [9.17, 15) is 9.90 Å². The van der Waals surface area contributed by atoms with Crippen LogP contribution in [0.25, 0.3) is 5.57 Å². The van der Waals surface area contributed by atoms with Crippen LogP contribution in [-0.2, 0) is 4.79 Å². The number of hydrogen-bond acceptors (Lipinski definition) is 3. The SMILES string of the molecule is CC(NC(=O)CN1CC=C(c2ccc(O)cc2)CC1)c1ccccc1. The Labute approximate surface area is 148 Å². The Balaban J connectivity index is 1.51. The first-order valence-corrected chi connectivity index (χ1v) is 8.67. The minimum absolute atomic E-state index is 0.0154. The highest BCUT2D eigenvalue weighted by molar-refractivity contribution is 5.78. The fourth-order valence-corrected chi connectivity index (χ4v) is 3.11. The van der Waals surface area contributed by atoms with Gasteiger partial charge in [0.25, 0.3) is 0 Å². The van der Waals surface area contributed by atoms with Crippen molar-refractivity contribution in [2.24, 2.45) is 0 Å². The van der Waals surface area contributed by atoms with Crippen molar-refractivity contribution in [2.45, 2.75) is 19.4 Å². The van der Waals surface area contributed by atoms with Gasteiger partial charge in [-0.25, -0.2) is 0 Å². The van der Waals surface area contributed by atoms with Gasteiger partial charge in [-0.2, -0.15) is 0 Å². The van der Waals surface area contributed by atoms with Crippen molar-refractivity contribution in [3.8, 4) is 5.75 Å². The number of phenolic OH excluding ortho intramolecular Hbond substituents is 1. The number of benzene rings is 2. The van der Waals surface area contributed by atoms with E-state index in [2.05, 4.69) is 16.3 Å². The van der Waals surface area contributed by atoms with E-state index < -0.39 is 0 Å². The van der Waals surface area contributed by atoms with Gasteiger partial charge in [0, 0.05) is 13.1 Å². The smallest absolute Gasteiger partial charge is 0.234 e. The summed E-state index contributed by atoms with van der Waals surface area (Å²) < 4.78 is 0. The van der Waals surface area contributed by atoms with E-state index in [1.165, 1.54) is 5.57 Å². The number of phenols is 1. The second-order valence-corrected chi connectivity index (χ2v) is 6.46. The summed E-state index contributed by atoms with van der Waals surface area (Å²) in [7, 11) is 0. The van der Waals surface area contributed by atoms with Crippen molar-refractivity contribution in [1.29, 1.82) is 0 Å². The van der Waals surface area contributed by atoms with Gasteiger partial charge in [-0.15, -0.1) is 0 Å². The summed E-state index contributed by atoms with van der Waals surface area (Å²) in [6.45, 7) is 4.05. The minimum Gasteiger partial charge on any atom is -0.508 e. The van der Waals surface area contributed by atoms with Crippen LogP contribution in [0.15, 0.2) is 60.7 Å². The van der Waals surface area contributed by atoms with E-state index in [0.717, 1.165) is 30.6 Å². The van der Waals surface area contributed by atoms with Gasteiger partial charge < -0.3 is 10.4 Å². The third-order valence-electron chi connectivity index (χ3n) is 4.58. The molecule has 0 saturated carbocycles. The van der Waals surface area contributed by atoms with Gasteiger partial charge in [-0.05, 0) is 42.2 Å². The second kappa shape index (κ2) is 7.99. The summed E-state index contributed by atoms with van der Waals surface area (Å²) in [6.07, 6.45) is 3.08. The van der Waals surface area contributed by atoms with E-state index in [-0.39, 0.29) is 17.7 Å². The Morgan fingerprint density at radius 2 is 1.88 bits per heavy atom. The molecule has 0 bridgehead atoms. The molecule has 1 unspecified atom stereocenters. The second-order valence-electron chi connectivity index (χ2n) is 6.46. The van der Waals surface area contributed by atoms with E-state index in [1.807, 2.05) is 49.4 Å². The van der Waals surface area contributed by atoms with Crippen LogP contribution in [0.1, 0.15) is 30.5 Å². The Kier molecular flexibility index (Phi) is 5.51. The zero-order chi connectivity index (χ0) is 17.6. The molecule has 4 nitrogen and oxygen atoms in total. The zero-order valence-corrected chi connectivity index (χ0v) is 14.5. The predicted octanol–water partition coefficient (Wildman–Crippen LogP) is 3.36. The van der Waals surface area contributed by atoms with Crippen molar-refractivity contribution in [3.05, 3.63) is 71.8 Å². The average Bonchev–Trinajstić information content (AvgIpc) is 2.64. The van der Waals surface area contributed by atoms with Crippen LogP contribution >= 0.6 is 0 Å². The molecule has 0 radical (unpaired) electrons. The number of aromatic hydroxyl groups is 1. The molecule has 0 spiro atoms. The first kappa shape index (κ1) is 17.2. The van der Waals surface area contributed by atoms with E-state index in [0.29, 0.717) is 6.54 Å². The van der Waals surface area contributed by atoms with Crippen molar-refractivity contribution >= 4 is 11.5 Å². The molecule has 4 heteroatoms. The minimum atomic E-state index is 0.0154. The number of carbonyl (C=O) groups is 1. The average molecular weight is 336 g/mol. The molecule has 0 aliphatic carbocycles. The standard InChI is InChI=1S/C21H24N2O2/c1-16(17-5-3-2-4-6-17)22-21(25)15-23-13-11-19(12-14-23)18-7-9-20(24)10-8-18/h2-11,16,24H,12-15H2,1H3,(H,22,25). The fraction of sp³-hybridized carbons (Fsp3) is 0.286. The summed E-state index contributed by atoms with van der Waals surface area (Å²) in [4.78, 5) is 14.4. The Morgan fingerprint density at radius 1 is 1.16 bits per heavy atom. The molecule has 0 saturated heterocycles. The maximum absolute atomic E-state index is 12.3. The normalized spacial score (nSPS) is 16.1. The molecule has 3 rings (SSSR count). The largest absolute Gasteiger partial charge is 0.508 e. The van der Waals surface area contributed by atoms with Gasteiger partial charge in [0.2, 0.25) is 5.91 Å². The molecular weight excluding hydrogens is 312 g/mol. The first-order chi connectivity index (χ1) is 12.1. The molecule has 2 aromatic carbocycles. The van der Waals surface area contributed by atoms with Gasteiger partial charge in [0.15, 0.2) is 0 Å². The number of amides is 1. The maximum atomic E-state index is 12.3. The Bertz CT molecular complexity index is 738. The van der Waals surface area contributed by atoms with Crippen molar-refractivity contribution in [3.63, 3.8) is 0 Å². The number of rotatable bonds is 5. The van der Waals surface area contributed by atoms with Gasteiger partial charge in [0.1, 0.15) is 5.75 Å². The molecule has 1 aliphatic heterocycles. The number of nitrogens with one attached hydrogen (secondary N) is 1. The first-order valence-electron chi connectivity index (χ1n) is 8.67. The van der Waals surface area contributed by atoms with Crippen LogP contribution in [0, 0.1) is 0 Å². The van der Waals surface area contributed by atoms with Gasteiger partial charge in [0.05, 0.1) is 12.6 Å². The van der Waals surface area contributed by atoms with E-state index >= 15 is 0 Å². The van der Waals surface area contributed by atoms with Crippen molar-refractivity contribution in [1.82, 2.24) is 10.2 Å². The molecule has 1 amide bonds. The molecule has 0 aromatic heterocycles. The highest BCUT2D eigenvalue weighted by Crippen LogP contribution is 2.23. The molecule has 1 atom stereocenters. The number of nitrogens with zero attached hydrogens (tertiary/aromatic N) is 1. The molecule has 0 fully saturated rings. The molecule has 130 valence electrons. The molecule has 2 N–H and O–H groups in total. The summed E-state index contributed by atoms with van der Waals surface area (Å²) >= 11 is 0. The van der Waals surface area contributed by atoms with Gasteiger partial charge >= 0.3 is 0 Å². The monoisotopic (exact) mass is 336 g/mol. The van der Waals surface area contributed by atoms with Crippen molar-refractivity contribution in [2.75, 3.05) is 19.6 Å². The van der Waals surface area contributed by atoms with Crippen LogP contribution < -0.4 is 5.32 Å². The van der Waals surface area contributed by atoms with Crippen LogP contribution in [0.2, 0.25) is 0 Å². The Morgan fingerprint density at radius 3 is 2.52 bits per heavy atom. The fourth-order valence-electron chi connectivity index (χ4n) is 3.11. The lowest BCUT2D eigenvalue weighted by Gasteiger charge is -2.26. The number of carbonyl (C=O) groups excluding carboxylic acids is 1. The topological polar surface area (TPSA) is 52.6 Å². The lowest BCUT2D eigenvalue weighted by atomic mass is 9.99. The quantitative estimate of drug-likeness (QED) is 0.880. The third-order valence-corrected chi connectivity index (χ3v) is 4.58. The van der Waals surface area contributed by atoms with Crippen LogP contribution in [0.5, 0.6) is 5.75 Å². The molecule has 25 heavy (non-hydrogen) atoms. The van der Waals surface area contributed by atoms with Gasteiger partial charge in [-0.3, -0.25) is 9.69 Å². The molecule has 2 aromatic rings. The summed E-state index contributed by atoms with van der Waals surface area (Å²) in [6, 6.07) is 17.3. The van der Waals surface area contributed by atoms with Crippen LogP contribution in [0.3, 0.4) is 0 Å². The highest BCUT2D eigenvalue weighted by Gasteiger charge is 2.17. The lowest BCUT2D eigenvalue weighted by molar-refractivity contribution is -0.122. The maximum Gasteiger partial charge on any atom is 0.234 e. The van der Waals surface area contributed by atoms with E-state index in [1.54, 1.807) is 12.1 Å². The lowest BCUT2D eigenvalue weighted by Crippen LogP contribution is -2.40. The van der Waals surface area contributed by atoms with Crippen molar-refractivity contribution < 1.29 is 9.90 Å². The van der Waals surface area contributed by atoms with E-state index in [4.69, 9.17) is 0 Å². The van der Waals surface area contributed by atoms with Crippen LogP contribution in [-0.4, -0.2) is 35.5 Å². The highest BCUT2D eigenvalue weighted by atomic mass is 16.3. The van der Waals surface area contributed by atoms with Crippen LogP contribution in [0.4, 0.5) is 0 Å². The molecule has 1 heterocycles. The molecular formula is C21H24N2O2. The molecule has 1 aliphatic rings. The summed E-state index contributed by atoms with van der Waals surface area (Å²) in [5.74, 6) is 0.337.